The van der Waals surface area contributed by atoms with Gasteiger partial charge in [0.2, 0.25) is 0 Å². The summed E-state index contributed by atoms with van der Waals surface area (Å²) in [4.78, 5) is 23.9. The number of nitrogens with zero attached hydrogens (tertiary/aromatic N) is 3. The first kappa shape index (κ1) is 17.8. The van der Waals surface area contributed by atoms with Crippen LogP contribution in [0.15, 0.2) is 35.1 Å². The monoisotopic (exact) mass is 419 g/mol. The highest BCUT2D eigenvalue weighted by Gasteiger charge is 2.20. The average Bonchev–Trinajstić information content (AvgIpc) is 2.99. The maximum Gasteiger partial charge on any atom is 0.305 e. The summed E-state index contributed by atoms with van der Waals surface area (Å²) in [5.74, 6) is -0.0371. The van der Waals surface area contributed by atoms with Crippen LogP contribution in [-0.2, 0) is 11.2 Å². The predicted octanol–water partition coefficient (Wildman–Crippen LogP) is 4.59. The molecule has 0 saturated heterocycles. The van der Waals surface area contributed by atoms with Crippen molar-refractivity contribution in [1.29, 1.82) is 0 Å². The normalized spacial score (nSPS) is 11.0. The van der Waals surface area contributed by atoms with Crippen LogP contribution in [0.4, 0.5) is 5.82 Å². The van der Waals surface area contributed by atoms with Crippen molar-refractivity contribution in [3.8, 4) is 11.1 Å². The van der Waals surface area contributed by atoms with Crippen molar-refractivity contribution in [1.82, 2.24) is 9.97 Å². The van der Waals surface area contributed by atoms with Gasteiger partial charge in [-0.2, -0.15) is 0 Å². The number of hydrogen-bond acceptors (Lipinski definition) is 5. The Labute approximate surface area is 158 Å². The Hall–Kier alpha value is -1.99. The Morgan fingerprint density at radius 2 is 2.00 bits per heavy atom. The summed E-state index contributed by atoms with van der Waals surface area (Å²) < 4.78 is 1.03. The molecule has 2 heterocycles. The summed E-state index contributed by atoms with van der Waals surface area (Å²) in [6, 6.07) is 8.21. The number of carbonyl (C=O) groups is 1. The fourth-order valence-corrected chi connectivity index (χ4v) is 4.15. The van der Waals surface area contributed by atoms with Crippen molar-refractivity contribution in [3.63, 3.8) is 0 Å². The van der Waals surface area contributed by atoms with E-state index >= 15 is 0 Å². The molecule has 0 radical (unpaired) electrons. The lowest BCUT2D eigenvalue weighted by Gasteiger charge is -2.18. The molecule has 1 aromatic carbocycles. The second kappa shape index (κ2) is 7.49. The highest BCUT2D eigenvalue weighted by atomic mass is 79.9. The molecule has 0 spiro atoms. The molecule has 0 aliphatic heterocycles. The number of anilines is 1. The van der Waals surface area contributed by atoms with Crippen LogP contribution in [0, 0.1) is 0 Å². The number of thiophene rings is 1. The number of aryl methyl sites for hydroxylation is 1. The first-order chi connectivity index (χ1) is 12.0. The summed E-state index contributed by atoms with van der Waals surface area (Å²) in [6.45, 7) is 2.53. The summed E-state index contributed by atoms with van der Waals surface area (Å²) in [6.07, 6.45) is 2.53. The molecule has 3 rings (SSSR count). The van der Waals surface area contributed by atoms with Crippen molar-refractivity contribution in [3.05, 3.63) is 39.9 Å². The SMILES string of the molecule is CCc1sc2ncnc(N(C)CCC(=O)O)c2c1-c1ccc(Br)cc1. The van der Waals surface area contributed by atoms with Crippen molar-refractivity contribution in [2.45, 2.75) is 19.8 Å². The van der Waals surface area contributed by atoms with Gasteiger partial charge in [-0.15, -0.1) is 11.3 Å². The van der Waals surface area contributed by atoms with Crippen LogP contribution < -0.4 is 4.90 Å². The van der Waals surface area contributed by atoms with Gasteiger partial charge in [0, 0.05) is 28.5 Å². The molecule has 7 heteroatoms. The second-order valence-corrected chi connectivity index (χ2v) is 7.70. The first-order valence-corrected chi connectivity index (χ1v) is 9.57. The zero-order valence-corrected chi connectivity index (χ0v) is 16.4. The molecule has 1 N–H and O–H groups in total. The number of aliphatic carboxylic acids is 1. The smallest absolute Gasteiger partial charge is 0.305 e. The first-order valence-electron chi connectivity index (χ1n) is 7.96. The maximum absolute atomic E-state index is 10.9. The molecule has 0 amide bonds. The second-order valence-electron chi connectivity index (χ2n) is 5.70. The number of carboxylic acids is 1. The number of hydrogen-bond donors (Lipinski definition) is 1. The van der Waals surface area contributed by atoms with Crippen molar-refractivity contribution in [2.24, 2.45) is 0 Å². The predicted molar refractivity (Wildman–Crippen MR) is 105 cm³/mol. The number of aromatic nitrogens is 2. The highest BCUT2D eigenvalue weighted by Crippen LogP contribution is 2.42. The standard InChI is InChI=1S/C18H18BrN3O2S/c1-3-13-15(11-4-6-12(19)7-5-11)16-17(20-10-21-18(16)25-13)22(2)9-8-14(23)24/h4-7,10H,3,8-9H2,1-2H3,(H,23,24). The third-order valence-electron chi connectivity index (χ3n) is 4.02. The molecule has 0 saturated carbocycles. The van der Waals surface area contributed by atoms with E-state index in [1.165, 1.54) is 4.88 Å². The molecule has 130 valence electrons. The van der Waals surface area contributed by atoms with Gasteiger partial charge in [0.05, 0.1) is 11.8 Å². The molecule has 0 bridgehead atoms. The fraction of sp³-hybridized carbons (Fsp3) is 0.278. The Bertz CT molecular complexity index is 909. The van der Waals surface area contributed by atoms with Gasteiger partial charge in [-0.25, -0.2) is 9.97 Å². The molecule has 25 heavy (non-hydrogen) atoms. The summed E-state index contributed by atoms with van der Waals surface area (Å²) in [5.41, 5.74) is 2.27. The Morgan fingerprint density at radius 3 is 2.64 bits per heavy atom. The van der Waals surface area contributed by atoms with Crippen LogP contribution >= 0.6 is 27.3 Å². The van der Waals surface area contributed by atoms with Gasteiger partial charge in [0.25, 0.3) is 0 Å². The highest BCUT2D eigenvalue weighted by molar-refractivity contribution is 9.10. The van der Waals surface area contributed by atoms with Crippen molar-refractivity contribution < 1.29 is 9.90 Å². The van der Waals surface area contributed by atoms with E-state index in [4.69, 9.17) is 5.11 Å². The molecule has 0 atom stereocenters. The van der Waals surface area contributed by atoms with Gasteiger partial charge < -0.3 is 10.0 Å². The minimum Gasteiger partial charge on any atom is -0.481 e. The molecule has 2 aromatic heterocycles. The Kier molecular flexibility index (Phi) is 5.34. The minimum atomic E-state index is -0.815. The van der Waals surface area contributed by atoms with Gasteiger partial charge in [0.1, 0.15) is 17.0 Å². The van der Waals surface area contributed by atoms with Crippen LogP contribution in [-0.4, -0.2) is 34.6 Å². The molecule has 0 fully saturated rings. The summed E-state index contributed by atoms with van der Waals surface area (Å²) in [5, 5.41) is 9.96. The van der Waals surface area contributed by atoms with E-state index in [0.717, 1.165) is 38.1 Å². The lowest BCUT2D eigenvalue weighted by atomic mass is 10.0. The Morgan fingerprint density at radius 1 is 1.28 bits per heavy atom. The summed E-state index contributed by atoms with van der Waals surface area (Å²) >= 11 is 5.15. The maximum atomic E-state index is 10.9. The number of benzene rings is 1. The van der Waals surface area contributed by atoms with Crippen molar-refractivity contribution in [2.75, 3.05) is 18.5 Å². The van der Waals surface area contributed by atoms with Crippen molar-refractivity contribution >= 4 is 49.3 Å². The third-order valence-corrected chi connectivity index (χ3v) is 5.79. The van der Waals surface area contributed by atoms with Crippen LogP contribution in [0.1, 0.15) is 18.2 Å². The van der Waals surface area contributed by atoms with E-state index in [-0.39, 0.29) is 6.42 Å². The number of rotatable bonds is 6. The van der Waals surface area contributed by atoms with Gasteiger partial charge in [-0.05, 0) is 24.1 Å². The van der Waals surface area contributed by atoms with Gasteiger partial charge in [-0.1, -0.05) is 35.0 Å². The topological polar surface area (TPSA) is 66.3 Å². The van der Waals surface area contributed by atoms with Crippen LogP contribution in [0.3, 0.4) is 0 Å². The van der Waals surface area contributed by atoms with E-state index in [1.807, 2.05) is 24.1 Å². The van der Waals surface area contributed by atoms with Gasteiger partial charge in [0.15, 0.2) is 0 Å². The number of halogens is 1. The molecule has 0 aliphatic rings. The zero-order valence-electron chi connectivity index (χ0n) is 14.0. The Balaban J connectivity index is 2.17. The third kappa shape index (κ3) is 3.67. The van der Waals surface area contributed by atoms with E-state index in [1.54, 1.807) is 17.7 Å². The minimum absolute atomic E-state index is 0.0698. The molecular weight excluding hydrogens is 402 g/mol. The molecular formula is C18H18BrN3O2S. The lowest BCUT2D eigenvalue weighted by Crippen LogP contribution is -2.22. The number of carboxylic acid groups (broad SMARTS) is 1. The van der Waals surface area contributed by atoms with E-state index in [0.29, 0.717) is 6.54 Å². The van der Waals surface area contributed by atoms with E-state index in [2.05, 4.69) is 45.0 Å². The van der Waals surface area contributed by atoms with Crippen LogP contribution in [0.5, 0.6) is 0 Å². The average molecular weight is 420 g/mol. The van der Waals surface area contributed by atoms with Gasteiger partial charge in [-0.3, -0.25) is 4.79 Å². The van der Waals surface area contributed by atoms with Crippen LogP contribution in [0.2, 0.25) is 0 Å². The van der Waals surface area contributed by atoms with Gasteiger partial charge >= 0.3 is 5.97 Å². The molecule has 0 aliphatic carbocycles. The molecule has 0 unspecified atom stereocenters. The number of fused-ring (bicyclic) bond motifs is 1. The van der Waals surface area contributed by atoms with Crippen LogP contribution in [0.25, 0.3) is 21.3 Å². The van der Waals surface area contributed by atoms with E-state index in [9.17, 15) is 4.79 Å². The quantitative estimate of drug-likeness (QED) is 0.632. The van der Waals surface area contributed by atoms with E-state index < -0.39 is 5.97 Å². The largest absolute Gasteiger partial charge is 0.481 e. The molecule has 5 nitrogen and oxygen atoms in total. The lowest BCUT2D eigenvalue weighted by molar-refractivity contribution is -0.136. The zero-order chi connectivity index (χ0) is 18.0. The summed E-state index contributed by atoms with van der Waals surface area (Å²) in [7, 11) is 1.87. The molecule has 3 aromatic rings. The fourth-order valence-electron chi connectivity index (χ4n) is 2.79.